The van der Waals surface area contributed by atoms with Crippen LogP contribution in [0.2, 0.25) is 0 Å². The summed E-state index contributed by atoms with van der Waals surface area (Å²) in [5.41, 5.74) is 2.64. The molecule has 0 radical (unpaired) electrons. The SMILES string of the molecule is Cc1ccc(C)c(NC(=O)Cn2cc(Br)ccc2=O)c1. The third-order valence-electron chi connectivity index (χ3n) is 2.93. The van der Waals surface area contributed by atoms with E-state index in [9.17, 15) is 9.59 Å². The number of aryl methyl sites for hydroxylation is 2. The maximum atomic E-state index is 12.0. The van der Waals surface area contributed by atoms with Gasteiger partial charge in [0.15, 0.2) is 0 Å². The van der Waals surface area contributed by atoms with Gasteiger partial charge in [0.25, 0.3) is 5.56 Å². The molecule has 1 amide bonds. The Morgan fingerprint density at radius 2 is 2.00 bits per heavy atom. The molecule has 0 aliphatic rings. The number of rotatable bonds is 3. The zero-order chi connectivity index (χ0) is 14.7. The Kier molecular flexibility index (Phi) is 4.39. The summed E-state index contributed by atoms with van der Waals surface area (Å²) in [6, 6.07) is 8.94. The van der Waals surface area contributed by atoms with Crippen molar-refractivity contribution in [3.63, 3.8) is 0 Å². The molecule has 2 rings (SSSR count). The summed E-state index contributed by atoms with van der Waals surface area (Å²) in [5, 5.41) is 2.83. The van der Waals surface area contributed by atoms with Crippen molar-refractivity contribution in [1.82, 2.24) is 4.57 Å². The van der Waals surface area contributed by atoms with Crippen molar-refractivity contribution < 1.29 is 4.79 Å². The molecule has 1 aromatic heterocycles. The van der Waals surface area contributed by atoms with Crippen LogP contribution in [0.1, 0.15) is 11.1 Å². The third-order valence-corrected chi connectivity index (χ3v) is 3.40. The monoisotopic (exact) mass is 334 g/mol. The van der Waals surface area contributed by atoms with Gasteiger partial charge in [-0.1, -0.05) is 12.1 Å². The predicted molar refractivity (Wildman–Crippen MR) is 82.9 cm³/mol. The van der Waals surface area contributed by atoms with Gasteiger partial charge in [0.05, 0.1) is 0 Å². The fourth-order valence-corrected chi connectivity index (χ4v) is 2.22. The molecule has 0 unspecified atom stereocenters. The number of hydrogen-bond acceptors (Lipinski definition) is 2. The second kappa shape index (κ2) is 6.05. The summed E-state index contributed by atoms with van der Waals surface area (Å²) in [6.45, 7) is 3.89. The predicted octanol–water partition coefficient (Wildman–Crippen LogP) is 2.87. The van der Waals surface area contributed by atoms with Gasteiger partial charge in [-0.2, -0.15) is 0 Å². The Hall–Kier alpha value is -1.88. The highest BCUT2D eigenvalue weighted by molar-refractivity contribution is 9.10. The topological polar surface area (TPSA) is 51.1 Å². The van der Waals surface area contributed by atoms with Crippen LogP contribution in [-0.2, 0) is 11.3 Å². The average Bonchev–Trinajstić information content (AvgIpc) is 2.38. The van der Waals surface area contributed by atoms with E-state index in [2.05, 4.69) is 21.2 Å². The molecule has 0 spiro atoms. The van der Waals surface area contributed by atoms with E-state index in [0.717, 1.165) is 21.3 Å². The van der Waals surface area contributed by atoms with Crippen molar-refractivity contribution in [2.45, 2.75) is 20.4 Å². The fourth-order valence-electron chi connectivity index (χ4n) is 1.84. The highest BCUT2D eigenvalue weighted by atomic mass is 79.9. The van der Waals surface area contributed by atoms with Gasteiger partial charge in [0, 0.05) is 22.4 Å². The lowest BCUT2D eigenvalue weighted by Crippen LogP contribution is -2.26. The Morgan fingerprint density at radius 1 is 1.25 bits per heavy atom. The minimum Gasteiger partial charge on any atom is -0.324 e. The van der Waals surface area contributed by atoms with Crippen LogP contribution in [0.25, 0.3) is 0 Å². The van der Waals surface area contributed by atoms with Crippen LogP contribution in [0.4, 0.5) is 5.69 Å². The van der Waals surface area contributed by atoms with E-state index >= 15 is 0 Å². The van der Waals surface area contributed by atoms with E-state index in [1.165, 1.54) is 10.6 Å². The van der Waals surface area contributed by atoms with Crippen molar-refractivity contribution in [3.05, 3.63) is 62.5 Å². The lowest BCUT2D eigenvalue weighted by Gasteiger charge is -2.10. The number of aromatic nitrogens is 1. The summed E-state index contributed by atoms with van der Waals surface area (Å²) in [5.74, 6) is -0.223. The summed E-state index contributed by atoms with van der Waals surface area (Å²) in [4.78, 5) is 23.7. The van der Waals surface area contributed by atoms with E-state index in [1.54, 1.807) is 12.3 Å². The number of hydrogen-bond donors (Lipinski definition) is 1. The van der Waals surface area contributed by atoms with Crippen molar-refractivity contribution in [2.75, 3.05) is 5.32 Å². The molecule has 0 saturated carbocycles. The Bertz CT molecular complexity index is 707. The number of halogens is 1. The number of anilines is 1. The largest absolute Gasteiger partial charge is 0.324 e. The minimum atomic E-state index is -0.223. The number of nitrogens with one attached hydrogen (secondary N) is 1. The Balaban J connectivity index is 2.15. The molecule has 1 heterocycles. The summed E-state index contributed by atoms with van der Waals surface area (Å²) in [6.07, 6.45) is 1.60. The Morgan fingerprint density at radius 3 is 2.75 bits per heavy atom. The molecule has 0 aliphatic carbocycles. The zero-order valence-corrected chi connectivity index (χ0v) is 12.9. The van der Waals surface area contributed by atoms with Crippen molar-refractivity contribution in [1.29, 1.82) is 0 Å². The molecule has 20 heavy (non-hydrogen) atoms. The van der Waals surface area contributed by atoms with Crippen LogP contribution in [0.15, 0.2) is 45.8 Å². The van der Waals surface area contributed by atoms with Crippen molar-refractivity contribution in [2.24, 2.45) is 0 Å². The van der Waals surface area contributed by atoms with Gasteiger partial charge in [-0.15, -0.1) is 0 Å². The summed E-state index contributed by atoms with van der Waals surface area (Å²) in [7, 11) is 0. The van der Waals surface area contributed by atoms with Gasteiger partial charge in [0.1, 0.15) is 6.54 Å². The van der Waals surface area contributed by atoms with Gasteiger partial charge in [-0.3, -0.25) is 9.59 Å². The van der Waals surface area contributed by atoms with Gasteiger partial charge in [0.2, 0.25) is 5.91 Å². The van der Waals surface area contributed by atoms with Gasteiger partial charge in [-0.05, 0) is 53.0 Å². The Labute approximate surface area is 125 Å². The van der Waals surface area contributed by atoms with Gasteiger partial charge < -0.3 is 9.88 Å². The number of benzene rings is 1. The number of pyridine rings is 1. The molecular formula is C15H15BrN2O2. The fraction of sp³-hybridized carbons (Fsp3) is 0.200. The molecule has 2 aromatic rings. The third kappa shape index (κ3) is 3.57. The van der Waals surface area contributed by atoms with Gasteiger partial charge in [-0.25, -0.2) is 0 Å². The first-order chi connectivity index (χ1) is 9.45. The van der Waals surface area contributed by atoms with E-state index in [4.69, 9.17) is 0 Å². The van der Waals surface area contributed by atoms with Crippen LogP contribution in [0, 0.1) is 13.8 Å². The number of nitrogens with zero attached hydrogens (tertiary/aromatic N) is 1. The molecule has 0 atom stereocenters. The molecule has 4 nitrogen and oxygen atoms in total. The molecule has 5 heteroatoms. The molecule has 104 valence electrons. The summed E-state index contributed by atoms with van der Waals surface area (Å²) >= 11 is 3.28. The van der Waals surface area contributed by atoms with E-state index < -0.39 is 0 Å². The van der Waals surface area contributed by atoms with Crippen LogP contribution in [0.5, 0.6) is 0 Å². The second-order valence-electron chi connectivity index (χ2n) is 4.68. The molecule has 0 fully saturated rings. The van der Waals surface area contributed by atoms with Crippen molar-refractivity contribution >= 4 is 27.5 Å². The molecule has 1 aromatic carbocycles. The van der Waals surface area contributed by atoms with Crippen LogP contribution < -0.4 is 10.9 Å². The highest BCUT2D eigenvalue weighted by Crippen LogP contribution is 2.16. The first-order valence-electron chi connectivity index (χ1n) is 6.19. The molecule has 0 saturated heterocycles. The maximum absolute atomic E-state index is 12.0. The standard InChI is InChI=1S/C15H15BrN2O2/c1-10-3-4-11(2)13(7-10)17-14(19)9-18-8-12(16)5-6-15(18)20/h3-8H,9H2,1-2H3,(H,17,19). The summed E-state index contributed by atoms with van der Waals surface area (Å²) < 4.78 is 2.13. The molecule has 1 N–H and O–H groups in total. The first-order valence-corrected chi connectivity index (χ1v) is 6.98. The number of carbonyl (C=O) groups is 1. The lowest BCUT2D eigenvalue weighted by atomic mass is 10.1. The molecular weight excluding hydrogens is 320 g/mol. The van der Waals surface area contributed by atoms with Gasteiger partial charge >= 0.3 is 0 Å². The number of amides is 1. The lowest BCUT2D eigenvalue weighted by molar-refractivity contribution is -0.116. The average molecular weight is 335 g/mol. The van der Waals surface area contributed by atoms with Crippen LogP contribution in [-0.4, -0.2) is 10.5 Å². The number of carbonyl (C=O) groups excluding carboxylic acids is 1. The van der Waals surface area contributed by atoms with Crippen molar-refractivity contribution in [3.8, 4) is 0 Å². The molecule has 0 aliphatic heterocycles. The van der Waals surface area contributed by atoms with E-state index in [-0.39, 0.29) is 18.0 Å². The second-order valence-corrected chi connectivity index (χ2v) is 5.60. The van der Waals surface area contributed by atoms with E-state index in [1.807, 2.05) is 32.0 Å². The molecule has 0 bridgehead atoms. The van der Waals surface area contributed by atoms with Crippen LogP contribution in [0.3, 0.4) is 0 Å². The minimum absolute atomic E-state index is 0.00828. The quantitative estimate of drug-likeness (QED) is 0.938. The smallest absolute Gasteiger partial charge is 0.251 e. The normalized spacial score (nSPS) is 10.3. The maximum Gasteiger partial charge on any atom is 0.251 e. The highest BCUT2D eigenvalue weighted by Gasteiger charge is 2.07. The van der Waals surface area contributed by atoms with Crippen LogP contribution >= 0.6 is 15.9 Å². The van der Waals surface area contributed by atoms with E-state index in [0.29, 0.717) is 0 Å². The first kappa shape index (κ1) is 14.5. The zero-order valence-electron chi connectivity index (χ0n) is 11.3.